The van der Waals surface area contributed by atoms with E-state index in [9.17, 15) is 0 Å². The Morgan fingerprint density at radius 2 is 2.30 bits per heavy atom. The van der Waals surface area contributed by atoms with Crippen LogP contribution in [0.1, 0.15) is 24.0 Å². The van der Waals surface area contributed by atoms with Gasteiger partial charge in [0.1, 0.15) is 0 Å². The maximum atomic E-state index is 2.74. The van der Waals surface area contributed by atoms with Crippen LogP contribution in [-0.4, -0.2) is 0 Å². The normalized spacial score (nSPS) is 21.6. The molecule has 0 fully saturated rings. The van der Waals surface area contributed by atoms with Crippen LogP contribution in [0.15, 0.2) is 18.2 Å². The van der Waals surface area contributed by atoms with Gasteiger partial charge >= 0.3 is 0 Å². The summed E-state index contributed by atoms with van der Waals surface area (Å²) in [6.07, 6.45) is 1.28. The van der Waals surface area contributed by atoms with Gasteiger partial charge in [-0.05, 0) is 28.8 Å². The van der Waals surface area contributed by atoms with E-state index >= 15 is 0 Å². The molecule has 1 heteroatoms. The summed E-state index contributed by atoms with van der Waals surface area (Å²) in [5.41, 5.74) is 3.09. The van der Waals surface area contributed by atoms with Crippen LogP contribution in [0, 0.1) is 0 Å². The zero-order chi connectivity index (χ0) is 7.14. The highest BCUT2D eigenvalue weighted by atomic mass is 31.0. The van der Waals surface area contributed by atoms with E-state index in [0.717, 1.165) is 5.92 Å². The van der Waals surface area contributed by atoms with E-state index < -0.39 is 0 Å². The average molecular weight is 150 g/mol. The van der Waals surface area contributed by atoms with E-state index in [1.807, 2.05) is 0 Å². The lowest BCUT2D eigenvalue weighted by Crippen LogP contribution is -2.15. The standard InChI is InChI=1S/C9H11P/c1-6-4-7-2-3-8(10)5-9(6)7/h2-3,5-6H,4,10H2,1H3. The van der Waals surface area contributed by atoms with Crippen molar-refractivity contribution in [3.63, 3.8) is 0 Å². The minimum Gasteiger partial charge on any atom is -0.106 e. The van der Waals surface area contributed by atoms with Gasteiger partial charge in [-0.2, -0.15) is 0 Å². The third-order valence-corrected chi connectivity index (χ3v) is 2.59. The van der Waals surface area contributed by atoms with Crippen molar-refractivity contribution in [2.45, 2.75) is 19.3 Å². The second kappa shape index (κ2) is 2.07. The van der Waals surface area contributed by atoms with Gasteiger partial charge in [-0.15, -0.1) is 9.24 Å². The Bertz CT molecular complexity index is 265. The summed E-state index contributed by atoms with van der Waals surface area (Å²) >= 11 is 0. The van der Waals surface area contributed by atoms with Gasteiger partial charge in [0.15, 0.2) is 0 Å². The largest absolute Gasteiger partial charge is 0.106 e. The molecule has 2 unspecified atom stereocenters. The first-order valence-corrected chi connectivity index (χ1v) is 4.23. The van der Waals surface area contributed by atoms with Crippen LogP contribution in [-0.2, 0) is 6.42 Å². The van der Waals surface area contributed by atoms with Crippen molar-refractivity contribution in [3.05, 3.63) is 29.3 Å². The first kappa shape index (κ1) is 6.37. The molecule has 0 aromatic heterocycles. The zero-order valence-corrected chi connectivity index (χ0v) is 7.25. The van der Waals surface area contributed by atoms with Crippen LogP contribution in [0.5, 0.6) is 0 Å². The van der Waals surface area contributed by atoms with Crippen LogP contribution in [0.3, 0.4) is 0 Å². The van der Waals surface area contributed by atoms with E-state index in [1.165, 1.54) is 11.7 Å². The molecule has 0 heterocycles. The second-order valence-corrected chi connectivity index (χ2v) is 3.73. The van der Waals surface area contributed by atoms with Gasteiger partial charge in [-0.1, -0.05) is 25.1 Å². The van der Waals surface area contributed by atoms with E-state index in [-0.39, 0.29) is 0 Å². The number of hydrogen-bond donors (Lipinski definition) is 0. The van der Waals surface area contributed by atoms with Crippen molar-refractivity contribution >= 4 is 14.5 Å². The highest BCUT2D eigenvalue weighted by molar-refractivity contribution is 7.27. The van der Waals surface area contributed by atoms with E-state index in [2.05, 4.69) is 34.4 Å². The average Bonchev–Trinajstić information content (AvgIpc) is 1.92. The Labute approximate surface area is 63.9 Å². The molecule has 10 heavy (non-hydrogen) atoms. The molecule has 52 valence electrons. The molecule has 1 aromatic rings. The lowest BCUT2D eigenvalue weighted by atomic mass is 9.79. The molecule has 0 saturated carbocycles. The van der Waals surface area contributed by atoms with Crippen molar-refractivity contribution in [1.29, 1.82) is 0 Å². The van der Waals surface area contributed by atoms with Crippen molar-refractivity contribution in [3.8, 4) is 0 Å². The predicted molar refractivity (Wildman–Crippen MR) is 47.9 cm³/mol. The molecule has 1 aromatic carbocycles. The Kier molecular flexibility index (Phi) is 1.32. The van der Waals surface area contributed by atoms with Crippen LogP contribution >= 0.6 is 9.24 Å². The maximum Gasteiger partial charge on any atom is -0.0147 e. The smallest absolute Gasteiger partial charge is 0.0147 e. The summed E-state index contributed by atoms with van der Waals surface area (Å²) in [5, 5.41) is 1.31. The fourth-order valence-corrected chi connectivity index (χ4v) is 1.84. The Balaban J connectivity index is 2.51. The molecule has 0 bridgehead atoms. The van der Waals surface area contributed by atoms with Crippen molar-refractivity contribution in [2.75, 3.05) is 0 Å². The molecule has 0 amide bonds. The Morgan fingerprint density at radius 3 is 2.90 bits per heavy atom. The molecule has 0 N–H and O–H groups in total. The van der Waals surface area contributed by atoms with Crippen molar-refractivity contribution in [1.82, 2.24) is 0 Å². The SMILES string of the molecule is CC1Cc2ccc(P)cc21. The number of hydrogen-bond acceptors (Lipinski definition) is 0. The van der Waals surface area contributed by atoms with Gasteiger partial charge in [0.25, 0.3) is 0 Å². The highest BCUT2D eigenvalue weighted by Gasteiger charge is 2.20. The van der Waals surface area contributed by atoms with Gasteiger partial charge < -0.3 is 0 Å². The van der Waals surface area contributed by atoms with Crippen LogP contribution in [0.4, 0.5) is 0 Å². The van der Waals surface area contributed by atoms with Gasteiger partial charge in [0, 0.05) is 0 Å². The molecule has 0 saturated heterocycles. The van der Waals surface area contributed by atoms with Crippen LogP contribution in [0.2, 0.25) is 0 Å². The molecule has 1 aliphatic carbocycles. The maximum absolute atomic E-state index is 2.74. The van der Waals surface area contributed by atoms with Crippen molar-refractivity contribution < 1.29 is 0 Å². The lowest BCUT2D eigenvalue weighted by Gasteiger charge is -2.26. The van der Waals surface area contributed by atoms with Gasteiger partial charge in [0.05, 0.1) is 0 Å². The fourth-order valence-electron chi connectivity index (χ4n) is 1.57. The van der Waals surface area contributed by atoms with E-state index in [1.54, 1.807) is 11.1 Å². The molecule has 0 spiro atoms. The summed E-state index contributed by atoms with van der Waals surface area (Å²) in [5.74, 6) is 0.801. The van der Waals surface area contributed by atoms with Crippen LogP contribution in [0.25, 0.3) is 0 Å². The topological polar surface area (TPSA) is 0 Å². The lowest BCUT2D eigenvalue weighted by molar-refractivity contribution is 0.668. The number of benzene rings is 1. The third-order valence-electron chi connectivity index (χ3n) is 2.23. The summed E-state index contributed by atoms with van der Waals surface area (Å²) in [6.45, 7) is 2.28. The molecule has 2 atom stereocenters. The minimum atomic E-state index is 0.801. The van der Waals surface area contributed by atoms with Gasteiger partial charge in [0.2, 0.25) is 0 Å². The van der Waals surface area contributed by atoms with Crippen molar-refractivity contribution in [2.24, 2.45) is 0 Å². The predicted octanol–water partition coefficient (Wildman–Crippen LogP) is 1.85. The number of fused-ring (bicyclic) bond motifs is 1. The summed E-state index contributed by atoms with van der Waals surface area (Å²) < 4.78 is 0. The molecule has 0 nitrogen and oxygen atoms in total. The quantitative estimate of drug-likeness (QED) is 0.495. The monoisotopic (exact) mass is 150 g/mol. The molecule has 1 aliphatic rings. The summed E-state index contributed by atoms with van der Waals surface area (Å²) in [6, 6.07) is 6.67. The Hall–Kier alpha value is -0.350. The van der Waals surface area contributed by atoms with Crippen LogP contribution < -0.4 is 5.30 Å². The highest BCUT2D eigenvalue weighted by Crippen LogP contribution is 2.33. The summed E-state index contributed by atoms with van der Waals surface area (Å²) in [4.78, 5) is 0. The van der Waals surface area contributed by atoms with E-state index in [0.29, 0.717) is 0 Å². The third kappa shape index (κ3) is 0.793. The molecular formula is C9H11P. The Morgan fingerprint density at radius 1 is 1.50 bits per heavy atom. The molecule has 2 rings (SSSR count). The van der Waals surface area contributed by atoms with Gasteiger partial charge in [-0.3, -0.25) is 0 Å². The first-order chi connectivity index (χ1) is 4.77. The summed E-state index contributed by atoms with van der Waals surface area (Å²) in [7, 11) is 2.74. The molecule has 0 aliphatic heterocycles. The van der Waals surface area contributed by atoms with Gasteiger partial charge in [-0.25, -0.2) is 0 Å². The minimum absolute atomic E-state index is 0.801. The fraction of sp³-hybridized carbons (Fsp3) is 0.333. The number of rotatable bonds is 0. The second-order valence-electron chi connectivity index (χ2n) is 3.06. The molecular weight excluding hydrogens is 139 g/mol. The van der Waals surface area contributed by atoms with E-state index in [4.69, 9.17) is 0 Å². The zero-order valence-electron chi connectivity index (χ0n) is 6.09. The first-order valence-electron chi connectivity index (χ1n) is 3.65. The molecule has 0 radical (unpaired) electrons.